The Balaban J connectivity index is 1.80. The minimum atomic E-state index is 0.469. The Hall–Kier alpha value is 0.600. The molecule has 3 atom stereocenters. The summed E-state index contributed by atoms with van der Waals surface area (Å²) < 4.78 is 0. The Bertz CT molecular complexity index is 188. The van der Waals surface area contributed by atoms with Gasteiger partial charge in [0.1, 0.15) is 0 Å². The second-order valence-electron chi connectivity index (χ2n) is 4.68. The standard InChI is InChI=1S/C11H20ClNS/c1-14-5-4-13-7-9-2-3-11(12)6-10(9)8-13/h9-11H,2-8H2,1H3. The van der Waals surface area contributed by atoms with E-state index in [9.17, 15) is 0 Å². The van der Waals surface area contributed by atoms with Crippen LogP contribution in [0.1, 0.15) is 19.3 Å². The lowest BCUT2D eigenvalue weighted by Crippen LogP contribution is -2.24. The summed E-state index contributed by atoms with van der Waals surface area (Å²) in [6.07, 6.45) is 6.08. The van der Waals surface area contributed by atoms with Crippen LogP contribution in [0, 0.1) is 11.8 Å². The summed E-state index contributed by atoms with van der Waals surface area (Å²) in [5, 5.41) is 0.469. The van der Waals surface area contributed by atoms with Crippen molar-refractivity contribution in [3.05, 3.63) is 0 Å². The van der Waals surface area contributed by atoms with Crippen molar-refractivity contribution in [3.63, 3.8) is 0 Å². The third kappa shape index (κ3) is 2.59. The zero-order valence-corrected chi connectivity index (χ0v) is 10.5. The maximum atomic E-state index is 6.21. The van der Waals surface area contributed by atoms with Crippen LogP contribution in [-0.4, -0.2) is 41.9 Å². The average molecular weight is 234 g/mol. The van der Waals surface area contributed by atoms with E-state index in [0.717, 1.165) is 11.8 Å². The third-order valence-electron chi connectivity index (χ3n) is 3.67. The van der Waals surface area contributed by atoms with Crippen LogP contribution in [0.25, 0.3) is 0 Å². The fraction of sp³-hybridized carbons (Fsp3) is 1.00. The van der Waals surface area contributed by atoms with Crippen molar-refractivity contribution < 1.29 is 0 Å². The van der Waals surface area contributed by atoms with Gasteiger partial charge in [-0.05, 0) is 37.4 Å². The molecule has 0 spiro atoms. The van der Waals surface area contributed by atoms with E-state index in [4.69, 9.17) is 11.6 Å². The van der Waals surface area contributed by atoms with Crippen molar-refractivity contribution >= 4 is 23.4 Å². The van der Waals surface area contributed by atoms with Crippen LogP contribution < -0.4 is 0 Å². The highest BCUT2D eigenvalue weighted by Gasteiger charge is 2.36. The summed E-state index contributed by atoms with van der Waals surface area (Å²) in [6, 6.07) is 0. The lowest BCUT2D eigenvalue weighted by molar-refractivity contribution is 0.304. The first-order chi connectivity index (χ1) is 6.79. The van der Waals surface area contributed by atoms with Crippen molar-refractivity contribution in [2.24, 2.45) is 11.8 Å². The molecular formula is C11H20ClNS. The van der Waals surface area contributed by atoms with Gasteiger partial charge in [-0.2, -0.15) is 11.8 Å². The molecule has 1 heterocycles. The molecule has 0 aromatic carbocycles. The topological polar surface area (TPSA) is 3.24 Å². The number of alkyl halides is 1. The smallest absolute Gasteiger partial charge is 0.0339 e. The minimum absolute atomic E-state index is 0.469. The molecule has 2 rings (SSSR count). The van der Waals surface area contributed by atoms with Crippen LogP contribution in [0.15, 0.2) is 0 Å². The van der Waals surface area contributed by atoms with E-state index in [1.807, 2.05) is 11.8 Å². The van der Waals surface area contributed by atoms with Crippen LogP contribution in [0.4, 0.5) is 0 Å². The number of hydrogen-bond acceptors (Lipinski definition) is 2. The molecule has 14 heavy (non-hydrogen) atoms. The summed E-state index contributed by atoms with van der Waals surface area (Å²) in [7, 11) is 0. The van der Waals surface area contributed by atoms with Crippen molar-refractivity contribution in [1.82, 2.24) is 4.90 Å². The number of hydrogen-bond donors (Lipinski definition) is 0. The Morgan fingerprint density at radius 3 is 2.86 bits per heavy atom. The molecule has 2 aliphatic rings. The quantitative estimate of drug-likeness (QED) is 0.690. The molecule has 1 aliphatic carbocycles. The highest BCUT2D eigenvalue weighted by molar-refractivity contribution is 7.98. The zero-order chi connectivity index (χ0) is 9.97. The van der Waals surface area contributed by atoms with Crippen LogP contribution in [0.2, 0.25) is 0 Å². The summed E-state index contributed by atoms with van der Waals surface area (Å²) in [5.41, 5.74) is 0. The van der Waals surface area contributed by atoms with Crippen LogP contribution in [0.3, 0.4) is 0 Å². The van der Waals surface area contributed by atoms with Crippen LogP contribution in [-0.2, 0) is 0 Å². The molecule has 0 radical (unpaired) electrons. The predicted octanol–water partition coefficient (Wildman–Crippen LogP) is 2.69. The first kappa shape index (κ1) is 11.1. The average Bonchev–Trinajstić information content (AvgIpc) is 2.56. The first-order valence-corrected chi connectivity index (χ1v) is 7.48. The van der Waals surface area contributed by atoms with Gasteiger partial charge in [-0.25, -0.2) is 0 Å². The van der Waals surface area contributed by atoms with Gasteiger partial charge in [-0.1, -0.05) is 0 Å². The molecular weight excluding hydrogens is 214 g/mol. The van der Waals surface area contributed by atoms with Gasteiger partial charge < -0.3 is 4.90 Å². The van der Waals surface area contributed by atoms with E-state index in [1.54, 1.807) is 0 Å². The maximum absolute atomic E-state index is 6.21. The summed E-state index contributed by atoms with van der Waals surface area (Å²) in [4.78, 5) is 2.64. The molecule has 0 bridgehead atoms. The molecule has 3 heteroatoms. The Morgan fingerprint density at radius 1 is 1.29 bits per heavy atom. The molecule has 0 N–H and O–H groups in total. The molecule has 1 aliphatic heterocycles. The molecule has 1 nitrogen and oxygen atoms in total. The van der Waals surface area contributed by atoms with Gasteiger partial charge >= 0.3 is 0 Å². The molecule has 3 unspecified atom stereocenters. The lowest BCUT2D eigenvalue weighted by Gasteiger charge is -2.27. The SMILES string of the molecule is CSCCN1CC2CCC(Cl)CC2C1. The predicted molar refractivity (Wildman–Crippen MR) is 65.3 cm³/mol. The lowest BCUT2D eigenvalue weighted by atomic mass is 9.82. The molecule has 0 aromatic rings. The monoisotopic (exact) mass is 233 g/mol. The van der Waals surface area contributed by atoms with E-state index in [0.29, 0.717) is 5.38 Å². The van der Waals surface area contributed by atoms with E-state index in [1.165, 1.54) is 44.6 Å². The number of likely N-dealkylation sites (tertiary alicyclic amines) is 1. The van der Waals surface area contributed by atoms with Crippen LogP contribution in [0.5, 0.6) is 0 Å². The van der Waals surface area contributed by atoms with E-state index >= 15 is 0 Å². The largest absolute Gasteiger partial charge is 0.302 e. The first-order valence-electron chi connectivity index (χ1n) is 5.65. The Kier molecular flexibility index (Phi) is 4.03. The molecule has 82 valence electrons. The number of rotatable bonds is 3. The second-order valence-corrected chi connectivity index (χ2v) is 6.29. The zero-order valence-electron chi connectivity index (χ0n) is 8.92. The van der Waals surface area contributed by atoms with Gasteiger partial charge in [0.05, 0.1) is 0 Å². The van der Waals surface area contributed by atoms with Crippen molar-refractivity contribution in [1.29, 1.82) is 0 Å². The third-order valence-corrected chi connectivity index (χ3v) is 4.66. The minimum Gasteiger partial charge on any atom is -0.302 e. The number of fused-ring (bicyclic) bond motifs is 1. The van der Waals surface area contributed by atoms with E-state index in [-0.39, 0.29) is 0 Å². The van der Waals surface area contributed by atoms with Gasteiger partial charge in [0.25, 0.3) is 0 Å². The maximum Gasteiger partial charge on any atom is 0.0339 e. The summed E-state index contributed by atoms with van der Waals surface area (Å²) >= 11 is 8.17. The molecule has 0 aromatic heterocycles. The fourth-order valence-electron chi connectivity index (χ4n) is 2.87. The van der Waals surface area contributed by atoms with Gasteiger partial charge in [-0.3, -0.25) is 0 Å². The summed E-state index contributed by atoms with van der Waals surface area (Å²) in [6.45, 7) is 3.93. The van der Waals surface area contributed by atoms with Crippen molar-refractivity contribution in [2.75, 3.05) is 31.6 Å². The van der Waals surface area contributed by atoms with E-state index < -0.39 is 0 Å². The van der Waals surface area contributed by atoms with Gasteiger partial charge in [0.2, 0.25) is 0 Å². The van der Waals surface area contributed by atoms with Crippen molar-refractivity contribution in [3.8, 4) is 0 Å². The number of nitrogens with zero attached hydrogens (tertiary/aromatic N) is 1. The number of halogens is 1. The molecule has 1 saturated carbocycles. The molecule has 2 fully saturated rings. The van der Waals surface area contributed by atoms with E-state index in [2.05, 4.69) is 11.2 Å². The molecule has 0 amide bonds. The van der Waals surface area contributed by atoms with Gasteiger partial charge in [0.15, 0.2) is 0 Å². The summed E-state index contributed by atoms with van der Waals surface area (Å²) in [5.74, 6) is 3.16. The highest BCUT2D eigenvalue weighted by atomic mass is 35.5. The van der Waals surface area contributed by atoms with Crippen molar-refractivity contribution in [2.45, 2.75) is 24.6 Å². The fourth-order valence-corrected chi connectivity index (χ4v) is 3.67. The Morgan fingerprint density at radius 2 is 2.07 bits per heavy atom. The highest BCUT2D eigenvalue weighted by Crippen LogP contribution is 2.37. The molecule has 1 saturated heterocycles. The number of thioether (sulfide) groups is 1. The van der Waals surface area contributed by atoms with Crippen LogP contribution >= 0.6 is 23.4 Å². The Labute approximate surface area is 96.6 Å². The van der Waals surface area contributed by atoms with Gasteiger partial charge in [-0.15, -0.1) is 11.6 Å². The second kappa shape index (κ2) is 5.09. The van der Waals surface area contributed by atoms with Gasteiger partial charge in [0, 0.05) is 30.8 Å². The normalized spacial score (nSPS) is 38.6.